The van der Waals surface area contributed by atoms with Gasteiger partial charge in [-0.15, -0.1) is 0 Å². The first kappa shape index (κ1) is 12.9. The highest BCUT2D eigenvalue weighted by Gasteiger charge is 2.31. The summed E-state index contributed by atoms with van der Waals surface area (Å²) in [5.41, 5.74) is 3.07. The molecule has 2 aromatic carbocycles. The van der Waals surface area contributed by atoms with E-state index in [0.717, 1.165) is 24.4 Å². The van der Waals surface area contributed by atoms with Crippen molar-refractivity contribution >= 4 is 28.9 Å². The van der Waals surface area contributed by atoms with Gasteiger partial charge in [0, 0.05) is 15.4 Å². The van der Waals surface area contributed by atoms with Gasteiger partial charge in [-0.25, -0.2) is 0 Å². The molecule has 3 nitrogen and oxygen atoms in total. The van der Waals surface area contributed by atoms with Crippen molar-refractivity contribution in [2.24, 2.45) is 0 Å². The molecule has 0 bridgehead atoms. The van der Waals surface area contributed by atoms with Crippen LogP contribution >= 0.6 is 11.8 Å². The molecular weight excluding hydrogens is 282 g/mol. The van der Waals surface area contributed by atoms with Gasteiger partial charge in [0.1, 0.15) is 0 Å². The number of Topliss-reactive ketones (excluding diaryl/α,β-unsaturated/α-hetero) is 1. The standard InChI is InChI=1S/C17H15NO2S/c1-11(19)12-6-7-17-15(8-12)18(9-13-10-20-13)14-4-2-3-5-16(14)21-17/h2-8,13H,9-10H2,1H3. The van der Waals surface area contributed by atoms with Crippen molar-refractivity contribution < 1.29 is 9.53 Å². The molecule has 2 aliphatic heterocycles. The summed E-state index contributed by atoms with van der Waals surface area (Å²) in [6.45, 7) is 3.28. The number of carbonyl (C=O) groups is 1. The molecule has 4 rings (SSSR count). The van der Waals surface area contributed by atoms with Gasteiger partial charge in [-0.1, -0.05) is 30.0 Å². The minimum Gasteiger partial charge on any atom is -0.371 e. The average molecular weight is 297 g/mol. The molecule has 0 amide bonds. The fourth-order valence-electron chi connectivity index (χ4n) is 2.62. The Bertz CT molecular complexity index is 724. The van der Waals surface area contributed by atoms with Crippen LogP contribution in [0.5, 0.6) is 0 Å². The van der Waals surface area contributed by atoms with Gasteiger partial charge in [-0.3, -0.25) is 4.79 Å². The summed E-state index contributed by atoms with van der Waals surface area (Å²) >= 11 is 1.76. The first-order valence-corrected chi connectivity index (χ1v) is 7.85. The van der Waals surface area contributed by atoms with Crippen LogP contribution in [-0.4, -0.2) is 25.0 Å². The summed E-state index contributed by atoms with van der Waals surface area (Å²) in [5, 5.41) is 0. The lowest BCUT2D eigenvalue weighted by molar-refractivity contribution is 0.101. The van der Waals surface area contributed by atoms with Crippen LogP contribution in [0.25, 0.3) is 0 Å². The minimum absolute atomic E-state index is 0.101. The SMILES string of the molecule is CC(=O)c1ccc2c(c1)N(CC1CO1)c1ccccc1S2. The molecular formula is C17H15NO2S. The van der Waals surface area contributed by atoms with E-state index in [2.05, 4.69) is 29.2 Å². The monoisotopic (exact) mass is 297 g/mol. The average Bonchev–Trinajstić information content (AvgIpc) is 3.30. The summed E-state index contributed by atoms with van der Waals surface area (Å²) in [5.74, 6) is 0.101. The van der Waals surface area contributed by atoms with Gasteiger partial charge in [0.25, 0.3) is 0 Å². The maximum absolute atomic E-state index is 11.7. The van der Waals surface area contributed by atoms with Gasteiger partial charge in [0.2, 0.25) is 0 Å². The lowest BCUT2D eigenvalue weighted by Crippen LogP contribution is -2.25. The van der Waals surface area contributed by atoms with E-state index in [1.54, 1.807) is 18.7 Å². The molecule has 0 N–H and O–H groups in total. The van der Waals surface area contributed by atoms with Crippen LogP contribution in [-0.2, 0) is 4.74 Å². The van der Waals surface area contributed by atoms with E-state index < -0.39 is 0 Å². The number of ketones is 1. The smallest absolute Gasteiger partial charge is 0.159 e. The molecule has 1 saturated heterocycles. The molecule has 0 radical (unpaired) electrons. The zero-order valence-corrected chi connectivity index (χ0v) is 12.5. The first-order chi connectivity index (χ1) is 10.2. The molecule has 0 saturated carbocycles. The Kier molecular flexibility index (Phi) is 3.01. The van der Waals surface area contributed by atoms with Crippen LogP contribution in [0.2, 0.25) is 0 Å². The molecule has 1 atom stereocenters. The van der Waals surface area contributed by atoms with E-state index in [-0.39, 0.29) is 5.78 Å². The number of hydrogen-bond acceptors (Lipinski definition) is 4. The van der Waals surface area contributed by atoms with Crippen LogP contribution in [0, 0.1) is 0 Å². The zero-order valence-electron chi connectivity index (χ0n) is 11.7. The summed E-state index contributed by atoms with van der Waals surface area (Å²) in [6, 6.07) is 14.4. The van der Waals surface area contributed by atoms with Crippen LogP contribution in [0.15, 0.2) is 52.3 Å². The second-order valence-corrected chi connectivity index (χ2v) is 6.46. The predicted octanol–water partition coefficient (Wildman–Crippen LogP) is 3.89. The van der Waals surface area contributed by atoms with E-state index in [1.165, 1.54) is 15.5 Å². The number of fused-ring (bicyclic) bond motifs is 2. The molecule has 2 aliphatic rings. The zero-order chi connectivity index (χ0) is 14.4. The number of benzene rings is 2. The number of ether oxygens (including phenoxy) is 1. The third-order valence-electron chi connectivity index (χ3n) is 3.82. The quantitative estimate of drug-likeness (QED) is 0.635. The largest absolute Gasteiger partial charge is 0.371 e. The van der Waals surface area contributed by atoms with Crippen LogP contribution in [0.4, 0.5) is 11.4 Å². The van der Waals surface area contributed by atoms with E-state index in [4.69, 9.17) is 4.74 Å². The second kappa shape index (κ2) is 4.90. The van der Waals surface area contributed by atoms with E-state index in [0.29, 0.717) is 6.10 Å². The Morgan fingerprint density at radius 3 is 2.76 bits per heavy atom. The van der Waals surface area contributed by atoms with Crippen LogP contribution in [0.1, 0.15) is 17.3 Å². The van der Waals surface area contributed by atoms with Crippen molar-refractivity contribution in [1.29, 1.82) is 0 Å². The van der Waals surface area contributed by atoms with Gasteiger partial charge < -0.3 is 9.64 Å². The number of anilines is 2. The number of nitrogens with zero attached hydrogens (tertiary/aromatic N) is 1. The molecule has 1 fully saturated rings. The maximum atomic E-state index is 11.7. The fraction of sp³-hybridized carbons (Fsp3) is 0.235. The molecule has 21 heavy (non-hydrogen) atoms. The third-order valence-corrected chi connectivity index (χ3v) is 4.95. The van der Waals surface area contributed by atoms with Crippen molar-refractivity contribution in [1.82, 2.24) is 0 Å². The highest BCUT2D eigenvalue weighted by molar-refractivity contribution is 7.99. The molecule has 106 valence electrons. The number of hydrogen-bond donors (Lipinski definition) is 0. The Balaban J connectivity index is 1.83. The molecule has 1 unspecified atom stereocenters. The van der Waals surface area contributed by atoms with Crippen molar-refractivity contribution in [2.75, 3.05) is 18.1 Å². The van der Waals surface area contributed by atoms with Crippen molar-refractivity contribution in [3.8, 4) is 0 Å². The van der Waals surface area contributed by atoms with Crippen molar-refractivity contribution in [3.63, 3.8) is 0 Å². The van der Waals surface area contributed by atoms with Crippen molar-refractivity contribution in [3.05, 3.63) is 48.0 Å². The van der Waals surface area contributed by atoms with Crippen LogP contribution in [0.3, 0.4) is 0 Å². The summed E-state index contributed by atoms with van der Waals surface area (Å²) in [7, 11) is 0. The van der Waals surface area contributed by atoms with E-state index >= 15 is 0 Å². The number of epoxide rings is 1. The van der Waals surface area contributed by atoms with Gasteiger partial charge in [0.05, 0.1) is 30.6 Å². The van der Waals surface area contributed by atoms with Crippen molar-refractivity contribution in [2.45, 2.75) is 22.8 Å². The predicted molar refractivity (Wildman–Crippen MR) is 83.8 cm³/mol. The Hall–Kier alpha value is -1.78. The Labute approximate surface area is 127 Å². The van der Waals surface area contributed by atoms with E-state index in [9.17, 15) is 4.79 Å². The molecule has 2 aromatic rings. The molecule has 4 heteroatoms. The first-order valence-electron chi connectivity index (χ1n) is 7.03. The molecule has 0 spiro atoms. The number of carbonyl (C=O) groups excluding carboxylic acids is 1. The van der Waals surface area contributed by atoms with Gasteiger partial charge in [0.15, 0.2) is 5.78 Å². The lowest BCUT2D eigenvalue weighted by atomic mass is 10.1. The summed E-state index contributed by atoms with van der Waals surface area (Å²) < 4.78 is 5.40. The topological polar surface area (TPSA) is 32.8 Å². The normalized spacial score (nSPS) is 18.9. The molecule has 2 heterocycles. The van der Waals surface area contributed by atoms with Gasteiger partial charge >= 0.3 is 0 Å². The highest BCUT2D eigenvalue weighted by atomic mass is 32.2. The Morgan fingerprint density at radius 1 is 1.24 bits per heavy atom. The summed E-state index contributed by atoms with van der Waals surface area (Å²) in [6.07, 6.45) is 0.301. The highest BCUT2D eigenvalue weighted by Crippen LogP contribution is 2.48. The molecule has 0 aliphatic carbocycles. The maximum Gasteiger partial charge on any atom is 0.159 e. The Morgan fingerprint density at radius 2 is 2.00 bits per heavy atom. The second-order valence-electron chi connectivity index (χ2n) is 5.37. The molecule has 0 aromatic heterocycles. The number of para-hydroxylation sites is 1. The third kappa shape index (κ3) is 2.34. The lowest BCUT2D eigenvalue weighted by Gasteiger charge is -2.32. The van der Waals surface area contributed by atoms with Gasteiger partial charge in [-0.2, -0.15) is 0 Å². The van der Waals surface area contributed by atoms with Crippen LogP contribution < -0.4 is 4.90 Å². The minimum atomic E-state index is 0.101. The fourth-order valence-corrected chi connectivity index (χ4v) is 3.70. The number of rotatable bonds is 3. The summed E-state index contributed by atoms with van der Waals surface area (Å²) in [4.78, 5) is 16.4. The van der Waals surface area contributed by atoms with Gasteiger partial charge in [-0.05, 0) is 31.2 Å². The van der Waals surface area contributed by atoms with E-state index in [1.807, 2.05) is 18.2 Å².